The molecule has 4 heteroatoms. The summed E-state index contributed by atoms with van der Waals surface area (Å²) in [6.07, 6.45) is 0. The molecule has 2 amide bonds. The number of hydrogen-bond donors (Lipinski definition) is 2. The van der Waals surface area contributed by atoms with E-state index in [0.29, 0.717) is 11.4 Å². The van der Waals surface area contributed by atoms with Crippen LogP contribution in [0.25, 0.3) is 0 Å². The Morgan fingerprint density at radius 1 is 1.10 bits per heavy atom. The van der Waals surface area contributed by atoms with Crippen LogP contribution in [0.2, 0.25) is 0 Å². The second-order valence-corrected chi connectivity index (χ2v) is 4.93. The summed E-state index contributed by atoms with van der Waals surface area (Å²) in [6.45, 7) is 3.99. The molecule has 0 bridgehead atoms. The normalized spacial score (nSPS) is 11.6. The van der Waals surface area contributed by atoms with Crippen LogP contribution < -0.4 is 15.4 Å². The van der Waals surface area contributed by atoms with Crippen LogP contribution in [-0.2, 0) is 0 Å². The third kappa shape index (κ3) is 3.99. The summed E-state index contributed by atoms with van der Waals surface area (Å²) in [5, 5.41) is 5.71. The minimum absolute atomic E-state index is 0.0692. The van der Waals surface area contributed by atoms with Crippen molar-refractivity contribution in [3.8, 4) is 5.75 Å². The SMILES string of the molecule is COc1ccccc1NC(=O)N[C@@H](C)c1ccc(C)cc1. The highest BCUT2D eigenvalue weighted by molar-refractivity contribution is 5.91. The van der Waals surface area contributed by atoms with Crippen LogP contribution in [0.1, 0.15) is 24.1 Å². The lowest BCUT2D eigenvalue weighted by Crippen LogP contribution is -2.31. The number of benzene rings is 2. The Bertz CT molecular complexity index is 608. The number of anilines is 1. The number of aryl methyl sites for hydroxylation is 1. The fourth-order valence-electron chi connectivity index (χ4n) is 2.04. The highest BCUT2D eigenvalue weighted by Gasteiger charge is 2.11. The fourth-order valence-corrected chi connectivity index (χ4v) is 2.04. The van der Waals surface area contributed by atoms with E-state index >= 15 is 0 Å². The molecule has 0 saturated heterocycles. The number of ether oxygens (including phenoxy) is 1. The van der Waals surface area contributed by atoms with E-state index in [0.717, 1.165) is 5.56 Å². The Hall–Kier alpha value is -2.49. The summed E-state index contributed by atoms with van der Waals surface area (Å²) in [4.78, 5) is 12.1. The molecule has 0 heterocycles. The smallest absolute Gasteiger partial charge is 0.319 e. The number of carbonyl (C=O) groups excluding carboxylic acids is 1. The van der Waals surface area contributed by atoms with E-state index in [9.17, 15) is 4.79 Å². The predicted molar refractivity (Wildman–Crippen MR) is 84.7 cm³/mol. The highest BCUT2D eigenvalue weighted by Crippen LogP contribution is 2.23. The zero-order chi connectivity index (χ0) is 15.2. The van der Waals surface area contributed by atoms with Gasteiger partial charge in [-0.2, -0.15) is 0 Å². The topological polar surface area (TPSA) is 50.4 Å². The van der Waals surface area contributed by atoms with Gasteiger partial charge >= 0.3 is 6.03 Å². The summed E-state index contributed by atoms with van der Waals surface area (Å²) in [5.74, 6) is 0.635. The van der Waals surface area contributed by atoms with Gasteiger partial charge in [-0.15, -0.1) is 0 Å². The van der Waals surface area contributed by atoms with Gasteiger partial charge in [0, 0.05) is 0 Å². The maximum absolute atomic E-state index is 12.1. The predicted octanol–water partition coefficient (Wildman–Crippen LogP) is 3.89. The Balaban J connectivity index is 1.99. The molecular formula is C17H20N2O2. The lowest BCUT2D eigenvalue weighted by molar-refractivity contribution is 0.249. The Kier molecular flexibility index (Phi) is 4.82. The molecular weight excluding hydrogens is 264 g/mol. The third-order valence-corrected chi connectivity index (χ3v) is 3.28. The largest absolute Gasteiger partial charge is 0.495 e. The first kappa shape index (κ1) is 14.9. The monoisotopic (exact) mass is 284 g/mol. The summed E-state index contributed by atoms with van der Waals surface area (Å²) in [6, 6.07) is 15.1. The first-order valence-electron chi connectivity index (χ1n) is 6.87. The number of para-hydroxylation sites is 2. The number of rotatable bonds is 4. The number of methoxy groups -OCH3 is 1. The molecule has 110 valence electrons. The first-order valence-corrected chi connectivity index (χ1v) is 6.87. The average molecular weight is 284 g/mol. The van der Waals surface area contributed by atoms with Crippen molar-refractivity contribution in [1.29, 1.82) is 0 Å². The molecule has 0 aliphatic heterocycles. The van der Waals surface area contributed by atoms with E-state index in [-0.39, 0.29) is 12.1 Å². The van der Waals surface area contributed by atoms with Crippen LogP contribution in [0.15, 0.2) is 48.5 Å². The van der Waals surface area contributed by atoms with Gasteiger partial charge in [-0.1, -0.05) is 42.0 Å². The van der Waals surface area contributed by atoms with Crippen molar-refractivity contribution < 1.29 is 9.53 Å². The van der Waals surface area contributed by atoms with Gasteiger partial charge in [-0.25, -0.2) is 4.79 Å². The van der Waals surface area contributed by atoms with Gasteiger partial charge in [0.15, 0.2) is 0 Å². The molecule has 2 N–H and O–H groups in total. The molecule has 1 atom stereocenters. The van der Waals surface area contributed by atoms with E-state index in [2.05, 4.69) is 10.6 Å². The van der Waals surface area contributed by atoms with Gasteiger partial charge in [-0.05, 0) is 31.5 Å². The van der Waals surface area contributed by atoms with Crippen LogP contribution in [0.3, 0.4) is 0 Å². The van der Waals surface area contributed by atoms with Gasteiger partial charge in [0.2, 0.25) is 0 Å². The van der Waals surface area contributed by atoms with E-state index in [1.54, 1.807) is 19.2 Å². The number of amides is 2. The first-order chi connectivity index (χ1) is 10.1. The molecule has 0 unspecified atom stereocenters. The van der Waals surface area contributed by atoms with E-state index in [1.807, 2.05) is 50.2 Å². The van der Waals surface area contributed by atoms with Gasteiger partial charge in [0.25, 0.3) is 0 Å². The van der Waals surface area contributed by atoms with E-state index in [1.165, 1.54) is 5.56 Å². The molecule has 4 nitrogen and oxygen atoms in total. The molecule has 0 aromatic heterocycles. The summed E-state index contributed by atoms with van der Waals surface area (Å²) in [7, 11) is 1.58. The molecule has 0 radical (unpaired) electrons. The number of carbonyl (C=O) groups is 1. The number of hydrogen-bond acceptors (Lipinski definition) is 2. The van der Waals surface area contributed by atoms with E-state index < -0.39 is 0 Å². The van der Waals surface area contributed by atoms with Crippen molar-refractivity contribution in [2.45, 2.75) is 19.9 Å². The van der Waals surface area contributed by atoms with Crippen molar-refractivity contribution in [3.63, 3.8) is 0 Å². The van der Waals surface area contributed by atoms with Crippen LogP contribution >= 0.6 is 0 Å². The van der Waals surface area contributed by atoms with E-state index in [4.69, 9.17) is 4.74 Å². The minimum Gasteiger partial charge on any atom is -0.495 e. The van der Waals surface area contributed by atoms with Crippen LogP contribution in [0.5, 0.6) is 5.75 Å². The zero-order valence-corrected chi connectivity index (χ0v) is 12.5. The standard InChI is InChI=1S/C17H20N2O2/c1-12-8-10-14(11-9-12)13(2)18-17(20)19-15-6-4-5-7-16(15)21-3/h4-11,13H,1-3H3,(H2,18,19,20)/t13-/m0/s1. The number of nitrogens with one attached hydrogen (secondary N) is 2. The lowest BCUT2D eigenvalue weighted by atomic mass is 10.1. The Morgan fingerprint density at radius 2 is 1.76 bits per heavy atom. The van der Waals surface area contributed by atoms with Crippen LogP contribution in [-0.4, -0.2) is 13.1 Å². The molecule has 21 heavy (non-hydrogen) atoms. The van der Waals surface area contributed by atoms with Crippen LogP contribution in [0.4, 0.5) is 10.5 Å². The van der Waals surface area contributed by atoms with Crippen molar-refractivity contribution in [2.24, 2.45) is 0 Å². The summed E-state index contributed by atoms with van der Waals surface area (Å²) in [5.41, 5.74) is 2.91. The Morgan fingerprint density at radius 3 is 2.43 bits per heavy atom. The van der Waals surface area contributed by atoms with Crippen LogP contribution in [0, 0.1) is 6.92 Å². The quantitative estimate of drug-likeness (QED) is 0.895. The van der Waals surface area contributed by atoms with Crippen molar-refractivity contribution in [1.82, 2.24) is 5.32 Å². The van der Waals surface area contributed by atoms with Crippen molar-refractivity contribution in [3.05, 3.63) is 59.7 Å². The molecule has 0 fully saturated rings. The Labute approximate surface area is 125 Å². The molecule has 0 saturated carbocycles. The zero-order valence-electron chi connectivity index (χ0n) is 12.5. The molecule has 0 aliphatic rings. The molecule has 2 aromatic carbocycles. The minimum atomic E-state index is -0.257. The van der Waals surface area contributed by atoms with Gasteiger partial charge in [-0.3, -0.25) is 0 Å². The average Bonchev–Trinajstić information content (AvgIpc) is 2.48. The third-order valence-electron chi connectivity index (χ3n) is 3.28. The van der Waals surface area contributed by atoms with Crippen molar-refractivity contribution >= 4 is 11.7 Å². The summed E-state index contributed by atoms with van der Waals surface area (Å²) >= 11 is 0. The second-order valence-electron chi connectivity index (χ2n) is 4.93. The van der Waals surface area contributed by atoms with Gasteiger partial charge < -0.3 is 15.4 Å². The van der Waals surface area contributed by atoms with Crippen molar-refractivity contribution in [2.75, 3.05) is 12.4 Å². The van der Waals surface area contributed by atoms with Gasteiger partial charge in [0.05, 0.1) is 18.8 Å². The fraction of sp³-hybridized carbons (Fsp3) is 0.235. The number of urea groups is 1. The maximum atomic E-state index is 12.1. The molecule has 0 aliphatic carbocycles. The van der Waals surface area contributed by atoms with Gasteiger partial charge in [0.1, 0.15) is 5.75 Å². The summed E-state index contributed by atoms with van der Waals surface area (Å²) < 4.78 is 5.21. The molecule has 2 rings (SSSR count). The second kappa shape index (κ2) is 6.79. The molecule has 0 spiro atoms. The lowest BCUT2D eigenvalue weighted by Gasteiger charge is -2.16. The molecule has 2 aromatic rings. The maximum Gasteiger partial charge on any atom is 0.319 e. The highest BCUT2D eigenvalue weighted by atomic mass is 16.5.